The number of carbonyl (C=O) groups is 1. The first kappa shape index (κ1) is 18.3. The molecule has 148 valence electrons. The van der Waals surface area contributed by atoms with E-state index in [4.69, 9.17) is 9.47 Å². The van der Waals surface area contributed by atoms with Crippen LogP contribution in [-0.2, 0) is 6.54 Å². The molecule has 1 aromatic heterocycles. The second-order valence-electron chi connectivity index (χ2n) is 7.01. The number of nitrogens with zero attached hydrogens (tertiary/aromatic N) is 3. The number of aromatic nitrogens is 2. The van der Waals surface area contributed by atoms with Gasteiger partial charge in [0, 0.05) is 30.5 Å². The Morgan fingerprint density at radius 1 is 1.07 bits per heavy atom. The molecule has 0 aliphatic carbocycles. The zero-order valence-corrected chi connectivity index (χ0v) is 16.0. The van der Waals surface area contributed by atoms with Crippen LogP contribution < -0.4 is 25.0 Å². The molecule has 0 unspecified atom stereocenters. The molecule has 3 heterocycles. The van der Waals surface area contributed by atoms with Gasteiger partial charge in [-0.15, -0.1) is 0 Å². The number of fused-ring (bicyclic) bond motifs is 1. The van der Waals surface area contributed by atoms with Crippen molar-refractivity contribution in [3.63, 3.8) is 0 Å². The standard InChI is InChI=1S/C20H25N5O3/c1-14-11-16(23-19(22-14)25-7-3-2-4-8-25)13-21-20(26)24-15-5-6-17-18(12-15)28-10-9-27-17/h5-6,11-12H,2-4,7-10,13H2,1H3,(H2,21,24,26). The topological polar surface area (TPSA) is 88.6 Å². The predicted molar refractivity (Wildman–Crippen MR) is 106 cm³/mol. The number of ether oxygens (including phenoxy) is 2. The molecule has 1 aromatic carbocycles. The van der Waals surface area contributed by atoms with Gasteiger partial charge in [-0.25, -0.2) is 14.8 Å². The van der Waals surface area contributed by atoms with E-state index in [1.807, 2.05) is 13.0 Å². The minimum atomic E-state index is -0.299. The molecule has 2 aromatic rings. The fourth-order valence-electron chi connectivity index (χ4n) is 3.41. The fraction of sp³-hybridized carbons (Fsp3) is 0.450. The summed E-state index contributed by atoms with van der Waals surface area (Å²) in [5.41, 5.74) is 2.35. The Kier molecular flexibility index (Phi) is 5.45. The van der Waals surface area contributed by atoms with Crippen molar-refractivity contribution in [3.8, 4) is 11.5 Å². The molecule has 8 nitrogen and oxygen atoms in total. The lowest BCUT2D eigenvalue weighted by atomic mass is 10.1. The first-order valence-corrected chi connectivity index (χ1v) is 9.71. The van der Waals surface area contributed by atoms with Crippen molar-refractivity contribution >= 4 is 17.7 Å². The average Bonchev–Trinajstić information content (AvgIpc) is 2.72. The molecule has 2 amide bonds. The first-order chi connectivity index (χ1) is 13.7. The Morgan fingerprint density at radius 3 is 2.68 bits per heavy atom. The van der Waals surface area contributed by atoms with Crippen LogP contribution in [0, 0.1) is 6.92 Å². The van der Waals surface area contributed by atoms with Crippen LogP contribution in [0.5, 0.6) is 11.5 Å². The van der Waals surface area contributed by atoms with E-state index >= 15 is 0 Å². The average molecular weight is 383 g/mol. The Balaban J connectivity index is 1.36. The number of aryl methyl sites for hydroxylation is 1. The quantitative estimate of drug-likeness (QED) is 0.844. The molecule has 28 heavy (non-hydrogen) atoms. The summed E-state index contributed by atoms with van der Waals surface area (Å²) in [5.74, 6) is 2.09. The van der Waals surface area contributed by atoms with Crippen LogP contribution in [0.4, 0.5) is 16.4 Å². The molecule has 0 radical (unpaired) electrons. The number of hydrogen-bond donors (Lipinski definition) is 2. The number of piperidine rings is 1. The van der Waals surface area contributed by atoms with Gasteiger partial charge in [-0.3, -0.25) is 0 Å². The Bertz CT molecular complexity index is 852. The van der Waals surface area contributed by atoms with Gasteiger partial charge in [0.25, 0.3) is 0 Å². The highest BCUT2D eigenvalue weighted by Gasteiger charge is 2.15. The minimum Gasteiger partial charge on any atom is -0.486 e. The number of nitrogens with one attached hydrogen (secondary N) is 2. The summed E-state index contributed by atoms with van der Waals surface area (Å²) in [6.45, 7) is 5.31. The van der Waals surface area contributed by atoms with Crippen molar-refractivity contribution in [2.75, 3.05) is 36.5 Å². The summed E-state index contributed by atoms with van der Waals surface area (Å²) in [6.07, 6.45) is 3.60. The van der Waals surface area contributed by atoms with Crippen molar-refractivity contribution in [2.24, 2.45) is 0 Å². The number of rotatable bonds is 4. The smallest absolute Gasteiger partial charge is 0.319 e. The van der Waals surface area contributed by atoms with Crippen LogP contribution in [0.25, 0.3) is 0 Å². The van der Waals surface area contributed by atoms with E-state index < -0.39 is 0 Å². The Labute approximate surface area is 164 Å². The van der Waals surface area contributed by atoms with E-state index in [0.717, 1.165) is 30.4 Å². The number of urea groups is 1. The maximum absolute atomic E-state index is 12.3. The summed E-state index contributed by atoms with van der Waals surface area (Å²) in [7, 11) is 0. The molecule has 2 aliphatic heterocycles. The Morgan fingerprint density at radius 2 is 1.86 bits per heavy atom. The molecular formula is C20H25N5O3. The molecule has 0 bridgehead atoms. The number of amides is 2. The molecule has 1 fully saturated rings. The first-order valence-electron chi connectivity index (χ1n) is 9.71. The highest BCUT2D eigenvalue weighted by atomic mass is 16.6. The summed E-state index contributed by atoms with van der Waals surface area (Å²) in [5, 5.41) is 5.67. The second-order valence-corrected chi connectivity index (χ2v) is 7.01. The second kappa shape index (κ2) is 8.33. The van der Waals surface area contributed by atoms with Gasteiger partial charge in [-0.05, 0) is 44.4 Å². The van der Waals surface area contributed by atoms with Crippen molar-refractivity contribution in [1.82, 2.24) is 15.3 Å². The molecule has 0 saturated carbocycles. The zero-order chi connectivity index (χ0) is 19.3. The molecule has 1 saturated heterocycles. The summed E-state index contributed by atoms with van der Waals surface area (Å²) >= 11 is 0. The van der Waals surface area contributed by atoms with Gasteiger partial charge in [0.1, 0.15) is 13.2 Å². The summed E-state index contributed by atoms with van der Waals surface area (Å²) in [4.78, 5) is 23.7. The van der Waals surface area contributed by atoms with Gasteiger partial charge in [-0.2, -0.15) is 0 Å². The van der Waals surface area contributed by atoms with Gasteiger partial charge in [-0.1, -0.05) is 0 Å². The number of benzene rings is 1. The zero-order valence-electron chi connectivity index (χ0n) is 16.0. The lowest BCUT2D eigenvalue weighted by Gasteiger charge is -2.27. The molecule has 0 spiro atoms. The fourth-order valence-corrected chi connectivity index (χ4v) is 3.41. The molecular weight excluding hydrogens is 358 g/mol. The highest BCUT2D eigenvalue weighted by Crippen LogP contribution is 2.32. The van der Waals surface area contributed by atoms with E-state index in [2.05, 4.69) is 25.5 Å². The maximum Gasteiger partial charge on any atom is 0.319 e. The summed E-state index contributed by atoms with van der Waals surface area (Å²) in [6, 6.07) is 6.95. The lowest BCUT2D eigenvalue weighted by molar-refractivity contribution is 0.171. The number of hydrogen-bond acceptors (Lipinski definition) is 6. The lowest BCUT2D eigenvalue weighted by Crippen LogP contribution is -2.32. The Hall–Kier alpha value is -3.03. The summed E-state index contributed by atoms with van der Waals surface area (Å²) < 4.78 is 11.0. The van der Waals surface area contributed by atoms with Crippen molar-refractivity contribution in [3.05, 3.63) is 35.7 Å². The normalized spacial score (nSPS) is 15.8. The number of carbonyl (C=O) groups excluding carboxylic acids is 1. The van der Waals surface area contributed by atoms with E-state index in [1.165, 1.54) is 19.3 Å². The molecule has 2 aliphatic rings. The van der Waals surface area contributed by atoms with Crippen molar-refractivity contribution < 1.29 is 14.3 Å². The predicted octanol–water partition coefficient (Wildman–Crippen LogP) is 2.87. The molecule has 0 atom stereocenters. The third-order valence-electron chi connectivity index (χ3n) is 4.76. The van der Waals surface area contributed by atoms with Crippen LogP contribution in [0.2, 0.25) is 0 Å². The number of anilines is 2. The third kappa shape index (κ3) is 4.44. The monoisotopic (exact) mass is 383 g/mol. The van der Waals surface area contributed by atoms with Gasteiger partial charge in [0.2, 0.25) is 5.95 Å². The largest absolute Gasteiger partial charge is 0.486 e. The van der Waals surface area contributed by atoms with Gasteiger partial charge >= 0.3 is 6.03 Å². The van der Waals surface area contributed by atoms with Crippen LogP contribution in [0.3, 0.4) is 0 Å². The van der Waals surface area contributed by atoms with Crippen LogP contribution in [-0.4, -0.2) is 42.3 Å². The highest BCUT2D eigenvalue weighted by molar-refractivity contribution is 5.89. The van der Waals surface area contributed by atoms with Crippen LogP contribution >= 0.6 is 0 Å². The van der Waals surface area contributed by atoms with E-state index in [9.17, 15) is 4.79 Å². The molecule has 2 N–H and O–H groups in total. The molecule has 8 heteroatoms. The van der Waals surface area contributed by atoms with E-state index in [0.29, 0.717) is 36.9 Å². The van der Waals surface area contributed by atoms with Crippen LogP contribution in [0.1, 0.15) is 30.7 Å². The van der Waals surface area contributed by atoms with Gasteiger partial charge in [0.15, 0.2) is 11.5 Å². The van der Waals surface area contributed by atoms with E-state index in [-0.39, 0.29) is 6.03 Å². The van der Waals surface area contributed by atoms with Crippen LogP contribution in [0.15, 0.2) is 24.3 Å². The van der Waals surface area contributed by atoms with E-state index in [1.54, 1.807) is 18.2 Å². The van der Waals surface area contributed by atoms with Crippen molar-refractivity contribution in [1.29, 1.82) is 0 Å². The van der Waals surface area contributed by atoms with Gasteiger partial charge in [0.05, 0.1) is 12.2 Å². The maximum atomic E-state index is 12.3. The van der Waals surface area contributed by atoms with Gasteiger partial charge < -0.3 is 25.0 Å². The SMILES string of the molecule is Cc1cc(CNC(=O)Nc2ccc3c(c2)OCCO3)nc(N2CCCCC2)n1. The minimum absolute atomic E-state index is 0.299. The van der Waals surface area contributed by atoms with Crippen molar-refractivity contribution in [2.45, 2.75) is 32.7 Å². The molecule has 4 rings (SSSR count). The third-order valence-corrected chi connectivity index (χ3v) is 4.76.